The van der Waals surface area contributed by atoms with Crippen LogP contribution in [-0.4, -0.2) is 4.98 Å². The lowest BCUT2D eigenvalue weighted by atomic mass is 10.1. The number of pyridine rings is 1. The van der Waals surface area contributed by atoms with Crippen molar-refractivity contribution in [3.8, 4) is 11.5 Å². The fourth-order valence-electron chi connectivity index (χ4n) is 1.58. The monoisotopic (exact) mass is 260 g/mol. The van der Waals surface area contributed by atoms with Crippen LogP contribution in [0.2, 0.25) is 5.02 Å². The molecule has 0 spiro atoms. The lowest BCUT2D eigenvalue weighted by molar-refractivity contribution is 0.477. The molecule has 1 aromatic carbocycles. The van der Waals surface area contributed by atoms with Gasteiger partial charge in [-0.3, -0.25) is 4.98 Å². The van der Waals surface area contributed by atoms with E-state index in [1.54, 1.807) is 30.6 Å². The number of halogens is 1. The van der Waals surface area contributed by atoms with Gasteiger partial charge < -0.3 is 10.5 Å². The molecule has 0 saturated carbocycles. The van der Waals surface area contributed by atoms with E-state index < -0.39 is 0 Å². The van der Waals surface area contributed by atoms with Gasteiger partial charge in [0.25, 0.3) is 0 Å². The third-order valence-corrected chi connectivity index (χ3v) is 2.69. The molecule has 2 aromatic rings. The van der Waals surface area contributed by atoms with Crippen LogP contribution >= 0.6 is 11.6 Å². The van der Waals surface area contributed by atoms with Gasteiger partial charge >= 0.3 is 0 Å². The molecule has 0 aliphatic rings. The number of anilines is 1. The second-order valence-electron chi connectivity index (χ2n) is 3.77. The molecule has 0 amide bonds. The third-order valence-electron chi connectivity index (χ3n) is 2.40. The Labute approximate surface area is 111 Å². The zero-order chi connectivity index (χ0) is 13.0. The number of nitrogen functional groups attached to an aromatic ring is 1. The van der Waals surface area contributed by atoms with E-state index in [0.29, 0.717) is 22.9 Å². The van der Waals surface area contributed by atoms with Crippen molar-refractivity contribution in [3.05, 3.63) is 59.9 Å². The summed E-state index contributed by atoms with van der Waals surface area (Å²) in [6, 6.07) is 7.20. The van der Waals surface area contributed by atoms with Gasteiger partial charge in [0, 0.05) is 29.7 Å². The summed E-state index contributed by atoms with van der Waals surface area (Å²) in [7, 11) is 0. The molecule has 0 unspecified atom stereocenters. The third kappa shape index (κ3) is 2.81. The summed E-state index contributed by atoms with van der Waals surface area (Å²) in [4.78, 5) is 3.91. The zero-order valence-electron chi connectivity index (χ0n) is 9.77. The number of benzene rings is 1. The molecule has 0 atom stereocenters. The summed E-state index contributed by atoms with van der Waals surface area (Å²) in [5.74, 6) is 1.29. The molecule has 1 aromatic heterocycles. The number of hydrogen-bond acceptors (Lipinski definition) is 3. The summed E-state index contributed by atoms with van der Waals surface area (Å²) in [5, 5.41) is 0.471. The summed E-state index contributed by atoms with van der Waals surface area (Å²) >= 11 is 6.00. The van der Waals surface area contributed by atoms with Crippen molar-refractivity contribution in [2.24, 2.45) is 0 Å². The lowest BCUT2D eigenvalue weighted by Crippen LogP contribution is -1.94. The first-order valence-corrected chi connectivity index (χ1v) is 5.85. The first-order chi connectivity index (χ1) is 8.70. The van der Waals surface area contributed by atoms with Gasteiger partial charge in [0.2, 0.25) is 0 Å². The molecule has 0 aliphatic heterocycles. The first-order valence-electron chi connectivity index (χ1n) is 5.47. The molecule has 0 aliphatic carbocycles. The van der Waals surface area contributed by atoms with Gasteiger partial charge in [-0.2, -0.15) is 0 Å². The van der Waals surface area contributed by atoms with Gasteiger partial charge in [-0.1, -0.05) is 17.7 Å². The normalized spacial score (nSPS) is 10.1. The Balaban J connectivity index is 2.34. The quantitative estimate of drug-likeness (QED) is 0.671. The van der Waals surface area contributed by atoms with Crippen molar-refractivity contribution in [3.63, 3.8) is 0 Å². The van der Waals surface area contributed by atoms with Crippen molar-refractivity contribution >= 4 is 17.3 Å². The number of allylic oxidation sites excluding steroid dienone is 1. The van der Waals surface area contributed by atoms with Crippen LogP contribution in [0.15, 0.2) is 49.3 Å². The van der Waals surface area contributed by atoms with Gasteiger partial charge in [-0.15, -0.1) is 6.58 Å². The van der Waals surface area contributed by atoms with E-state index in [4.69, 9.17) is 22.1 Å². The van der Waals surface area contributed by atoms with E-state index in [9.17, 15) is 0 Å². The van der Waals surface area contributed by atoms with Crippen LogP contribution in [0.4, 0.5) is 5.69 Å². The van der Waals surface area contributed by atoms with Crippen LogP contribution in [0.1, 0.15) is 5.56 Å². The minimum atomic E-state index is 0.471. The first kappa shape index (κ1) is 12.5. The molecular weight excluding hydrogens is 248 g/mol. The maximum absolute atomic E-state index is 6.00. The second-order valence-corrected chi connectivity index (χ2v) is 4.18. The van der Waals surface area contributed by atoms with Crippen LogP contribution in [0, 0.1) is 0 Å². The molecule has 0 saturated heterocycles. The van der Waals surface area contributed by atoms with Gasteiger partial charge in [0.05, 0.1) is 0 Å². The molecule has 4 heteroatoms. The van der Waals surface area contributed by atoms with Gasteiger partial charge in [0.15, 0.2) is 0 Å². The molecule has 18 heavy (non-hydrogen) atoms. The van der Waals surface area contributed by atoms with Crippen LogP contribution in [0.5, 0.6) is 11.5 Å². The highest BCUT2D eigenvalue weighted by molar-refractivity contribution is 6.31. The van der Waals surface area contributed by atoms with E-state index >= 15 is 0 Å². The van der Waals surface area contributed by atoms with E-state index in [-0.39, 0.29) is 0 Å². The lowest BCUT2D eigenvalue weighted by Gasteiger charge is -2.11. The molecule has 1 heterocycles. The Hall–Kier alpha value is -2.00. The summed E-state index contributed by atoms with van der Waals surface area (Å²) < 4.78 is 5.77. The van der Waals surface area contributed by atoms with E-state index in [1.807, 2.05) is 12.1 Å². The highest BCUT2D eigenvalue weighted by atomic mass is 35.5. The average molecular weight is 261 g/mol. The van der Waals surface area contributed by atoms with Crippen LogP contribution in [0.3, 0.4) is 0 Å². The Kier molecular flexibility index (Phi) is 3.85. The Bertz CT molecular complexity index is 569. The van der Waals surface area contributed by atoms with E-state index in [2.05, 4.69) is 11.6 Å². The van der Waals surface area contributed by atoms with Crippen molar-refractivity contribution in [2.45, 2.75) is 6.42 Å². The molecule has 3 nitrogen and oxygen atoms in total. The van der Waals surface area contributed by atoms with Crippen LogP contribution < -0.4 is 10.5 Å². The SMILES string of the molecule is C=CCc1cc(N)ccc1Oc1ccncc1Cl. The fraction of sp³-hybridized carbons (Fsp3) is 0.0714. The highest BCUT2D eigenvalue weighted by Gasteiger charge is 2.07. The smallest absolute Gasteiger partial charge is 0.149 e. The summed E-state index contributed by atoms with van der Waals surface area (Å²) in [6.45, 7) is 3.72. The number of aromatic nitrogens is 1. The largest absolute Gasteiger partial charge is 0.455 e. The molecule has 0 bridgehead atoms. The van der Waals surface area contributed by atoms with Crippen molar-refractivity contribution in [1.29, 1.82) is 0 Å². The van der Waals surface area contributed by atoms with E-state index in [1.165, 1.54) is 0 Å². The predicted octanol–water partition coefficient (Wildman–Crippen LogP) is 3.84. The fourth-order valence-corrected chi connectivity index (χ4v) is 1.74. The number of nitrogens with two attached hydrogens (primary N) is 1. The average Bonchev–Trinajstić information content (AvgIpc) is 2.35. The predicted molar refractivity (Wildman–Crippen MR) is 74.1 cm³/mol. The zero-order valence-corrected chi connectivity index (χ0v) is 10.5. The Morgan fingerprint density at radius 3 is 2.89 bits per heavy atom. The molecule has 0 fully saturated rings. The number of ether oxygens (including phenoxy) is 1. The summed E-state index contributed by atoms with van der Waals surface area (Å²) in [5.41, 5.74) is 7.42. The maximum atomic E-state index is 6.00. The topological polar surface area (TPSA) is 48.1 Å². The molecule has 92 valence electrons. The molecule has 2 rings (SSSR count). The standard InChI is InChI=1S/C14H13ClN2O/c1-2-3-10-8-11(16)4-5-13(10)18-14-6-7-17-9-12(14)15/h2,4-9H,1,3,16H2. The molecule has 2 N–H and O–H groups in total. The van der Waals surface area contributed by atoms with Crippen molar-refractivity contribution in [2.75, 3.05) is 5.73 Å². The van der Waals surface area contributed by atoms with Gasteiger partial charge in [-0.25, -0.2) is 0 Å². The minimum absolute atomic E-state index is 0.471. The van der Waals surface area contributed by atoms with Gasteiger partial charge in [0.1, 0.15) is 16.5 Å². The van der Waals surface area contributed by atoms with E-state index in [0.717, 1.165) is 11.3 Å². The van der Waals surface area contributed by atoms with Crippen LogP contribution in [-0.2, 0) is 6.42 Å². The highest BCUT2D eigenvalue weighted by Crippen LogP contribution is 2.31. The van der Waals surface area contributed by atoms with Crippen LogP contribution in [0.25, 0.3) is 0 Å². The Morgan fingerprint density at radius 1 is 1.33 bits per heavy atom. The van der Waals surface area contributed by atoms with Crippen molar-refractivity contribution < 1.29 is 4.74 Å². The minimum Gasteiger partial charge on any atom is -0.455 e. The number of rotatable bonds is 4. The maximum Gasteiger partial charge on any atom is 0.149 e. The molecular formula is C14H13ClN2O. The Morgan fingerprint density at radius 2 is 2.17 bits per heavy atom. The summed E-state index contributed by atoms with van der Waals surface area (Å²) in [6.07, 6.45) is 5.66. The van der Waals surface area contributed by atoms with Crippen molar-refractivity contribution in [1.82, 2.24) is 4.98 Å². The molecule has 0 radical (unpaired) electrons. The second kappa shape index (κ2) is 5.56. The number of nitrogens with zero attached hydrogens (tertiary/aromatic N) is 1. The van der Waals surface area contributed by atoms with Gasteiger partial charge in [-0.05, 0) is 24.6 Å². The number of hydrogen-bond donors (Lipinski definition) is 1.